The second-order valence-electron chi connectivity index (χ2n) is 17.0. The summed E-state index contributed by atoms with van der Waals surface area (Å²) in [6.07, 6.45) is 17.3. The highest BCUT2D eigenvalue weighted by Crippen LogP contribution is 2.59. The Kier molecular flexibility index (Phi) is 7.71. The molecule has 290 valence electrons. The molecule has 0 saturated heterocycles. The molecule has 5 aliphatic rings. The van der Waals surface area contributed by atoms with Gasteiger partial charge in [-0.2, -0.15) is 0 Å². The molecule has 3 unspecified atom stereocenters. The van der Waals surface area contributed by atoms with Gasteiger partial charge in [0.05, 0.1) is 11.6 Å². The van der Waals surface area contributed by atoms with E-state index in [4.69, 9.17) is 24.1 Å². The summed E-state index contributed by atoms with van der Waals surface area (Å²) in [6.45, 7) is 6.83. The van der Waals surface area contributed by atoms with Crippen LogP contribution >= 0.6 is 0 Å². The van der Waals surface area contributed by atoms with Crippen molar-refractivity contribution in [3.05, 3.63) is 209 Å². The summed E-state index contributed by atoms with van der Waals surface area (Å²) in [5.41, 5.74) is 13.9. The predicted molar refractivity (Wildman–Crippen MR) is 241 cm³/mol. The molecule has 0 bridgehead atoms. The van der Waals surface area contributed by atoms with E-state index in [1.807, 2.05) is 49.4 Å². The molecule has 7 aromatic rings. The Bertz CT molecular complexity index is 3110. The minimum absolute atomic E-state index is 0.0551. The normalized spacial score (nSPS) is 21.6. The number of rotatable bonds is 5. The van der Waals surface area contributed by atoms with Gasteiger partial charge < -0.3 is 14.1 Å². The molecule has 6 heteroatoms. The Labute approximate surface area is 349 Å². The topological polar surface area (TPSA) is 64.3 Å². The van der Waals surface area contributed by atoms with E-state index in [2.05, 4.69) is 134 Å². The van der Waals surface area contributed by atoms with Crippen molar-refractivity contribution in [2.75, 3.05) is 4.90 Å². The average Bonchev–Trinajstić information content (AvgIpc) is 4.03. The second-order valence-corrected chi connectivity index (χ2v) is 17.0. The van der Waals surface area contributed by atoms with E-state index in [1.54, 1.807) is 0 Å². The van der Waals surface area contributed by atoms with Crippen LogP contribution in [0.4, 0.5) is 5.69 Å². The number of allylic oxidation sites excluding steroid dienone is 9. The minimum atomic E-state index is -0.147. The van der Waals surface area contributed by atoms with Gasteiger partial charge in [0.2, 0.25) is 0 Å². The van der Waals surface area contributed by atoms with Gasteiger partial charge in [0.25, 0.3) is 0 Å². The van der Waals surface area contributed by atoms with Crippen molar-refractivity contribution in [1.82, 2.24) is 15.0 Å². The summed E-state index contributed by atoms with van der Waals surface area (Å²) in [6, 6.07) is 40.5. The van der Waals surface area contributed by atoms with Crippen molar-refractivity contribution in [3.8, 4) is 17.1 Å². The highest BCUT2D eigenvalue weighted by molar-refractivity contribution is 6.07. The van der Waals surface area contributed by atoms with Crippen LogP contribution in [0.5, 0.6) is 5.75 Å². The number of ether oxygens (including phenoxy) is 1. The maximum absolute atomic E-state index is 6.54. The summed E-state index contributed by atoms with van der Waals surface area (Å²) in [4.78, 5) is 18.1. The van der Waals surface area contributed by atoms with E-state index in [1.165, 1.54) is 44.6 Å². The molecular formula is C54H42N4O2. The maximum atomic E-state index is 6.54. The van der Waals surface area contributed by atoms with Gasteiger partial charge in [-0.25, -0.2) is 15.0 Å². The maximum Gasteiger partial charge on any atom is 0.167 e. The molecule has 12 rings (SSSR count). The van der Waals surface area contributed by atoms with Gasteiger partial charge in [-0.15, -0.1) is 0 Å². The first-order valence-electron chi connectivity index (χ1n) is 21.0. The lowest BCUT2D eigenvalue weighted by atomic mass is 9.72. The molecule has 3 aliphatic carbocycles. The zero-order valence-electron chi connectivity index (χ0n) is 33.8. The molecule has 60 heavy (non-hydrogen) atoms. The van der Waals surface area contributed by atoms with E-state index in [9.17, 15) is 0 Å². The molecule has 0 N–H and O–H groups in total. The molecule has 6 nitrogen and oxygen atoms in total. The zero-order chi connectivity index (χ0) is 40.1. The summed E-state index contributed by atoms with van der Waals surface area (Å²) < 4.78 is 13.0. The van der Waals surface area contributed by atoms with Crippen LogP contribution in [-0.4, -0.2) is 21.0 Å². The van der Waals surface area contributed by atoms with Crippen molar-refractivity contribution in [1.29, 1.82) is 0 Å². The summed E-state index contributed by atoms with van der Waals surface area (Å²) in [7, 11) is 0. The van der Waals surface area contributed by atoms with Crippen LogP contribution in [0.1, 0.15) is 72.9 Å². The van der Waals surface area contributed by atoms with Gasteiger partial charge in [-0.3, -0.25) is 0 Å². The van der Waals surface area contributed by atoms with Gasteiger partial charge in [0, 0.05) is 63.0 Å². The molecule has 2 aliphatic heterocycles. The Morgan fingerprint density at radius 3 is 2.47 bits per heavy atom. The molecule has 0 amide bonds. The first-order valence-corrected chi connectivity index (χ1v) is 21.0. The Morgan fingerprint density at radius 2 is 1.62 bits per heavy atom. The fraction of sp³-hybridized carbons (Fsp3) is 0.167. The molecule has 0 fully saturated rings. The van der Waals surface area contributed by atoms with Crippen molar-refractivity contribution in [2.24, 2.45) is 0 Å². The van der Waals surface area contributed by atoms with Gasteiger partial charge in [-0.1, -0.05) is 141 Å². The number of para-hydroxylation sites is 2. The summed E-state index contributed by atoms with van der Waals surface area (Å²) in [5.74, 6) is 3.86. The Morgan fingerprint density at radius 1 is 0.800 bits per heavy atom. The number of hydrogen-bond donors (Lipinski definition) is 0. The van der Waals surface area contributed by atoms with Gasteiger partial charge in [0.15, 0.2) is 11.6 Å². The monoisotopic (exact) mass is 778 g/mol. The smallest absolute Gasteiger partial charge is 0.167 e. The first kappa shape index (κ1) is 34.9. The number of furan rings is 1. The molecule has 3 atom stereocenters. The predicted octanol–water partition coefficient (Wildman–Crippen LogP) is 12.6. The van der Waals surface area contributed by atoms with Gasteiger partial charge in [-0.05, 0) is 65.5 Å². The van der Waals surface area contributed by atoms with Crippen LogP contribution in [0.3, 0.4) is 0 Å². The van der Waals surface area contributed by atoms with Crippen molar-refractivity contribution in [2.45, 2.75) is 56.9 Å². The van der Waals surface area contributed by atoms with Crippen LogP contribution in [0, 0.1) is 0 Å². The van der Waals surface area contributed by atoms with E-state index in [0.29, 0.717) is 18.1 Å². The van der Waals surface area contributed by atoms with Crippen molar-refractivity contribution >= 4 is 38.8 Å². The lowest BCUT2D eigenvalue weighted by Crippen LogP contribution is -2.40. The van der Waals surface area contributed by atoms with Crippen LogP contribution in [0.25, 0.3) is 44.5 Å². The van der Waals surface area contributed by atoms with Crippen molar-refractivity contribution in [3.63, 3.8) is 0 Å². The lowest BCUT2D eigenvalue weighted by molar-refractivity contribution is 0.449. The first-order chi connectivity index (χ1) is 29.4. The number of aromatic nitrogens is 3. The number of benzene rings is 5. The molecule has 0 spiro atoms. The fourth-order valence-electron chi connectivity index (χ4n) is 10.4. The number of fused-ring (bicyclic) bond motifs is 10. The summed E-state index contributed by atoms with van der Waals surface area (Å²) >= 11 is 0. The molecule has 0 saturated carbocycles. The molecular weight excluding hydrogens is 737 g/mol. The van der Waals surface area contributed by atoms with E-state index in [0.717, 1.165) is 57.0 Å². The SMILES string of the molecule is C/C=C\C(=C1/Cc2ccccc2O1)c1nc(-c2ccccc2)nc(C2C=CC(N3c4cc5oc6ccccc6c5cc4C4C=CC5=C(C43)C(C)(C)c3ccccc35)=CC2)n1. The largest absolute Gasteiger partial charge is 0.460 e. The van der Waals surface area contributed by atoms with Crippen LogP contribution < -0.4 is 9.64 Å². The zero-order valence-corrected chi connectivity index (χ0v) is 33.8. The summed E-state index contributed by atoms with van der Waals surface area (Å²) in [5, 5.41) is 2.32. The van der Waals surface area contributed by atoms with E-state index >= 15 is 0 Å². The standard InChI is InChI=1S/C54H42N4O2/c1-4-14-40(47-29-34-17-8-12-21-45(34)59-47)53-56-51(32-15-6-5-7-16-32)55-52(57-53)33-23-25-35(26-24-33)58-44-31-48-42(37-19-10-13-22-46(37)60-48)30-41(44)39-28-27-38-36-18-9-11-20-43(36)54(2,3)49(38)50(39)58/h4-23,25-28,30-31,33,39,50H,24,29H2,1-3H3/b14-4-,47-40-. The molecule has 5 aromatic carbocycles. The number of hydrogen-bond acceptors (Lipinski definition) is 6. The quantitative estimate of drug-likeness (QED) is 0.173. The van der Waals surface area contributed by atoms with Crippen LogP contribution in [-0.2, 0) is 11.8 Å². The van der Waals surface area contributed by atoms with Crippen LogP contribution in [0.15, 0.2) is 179 Å². The van der Waals surface area contributed by atoms with E-state index in [-0.39, 0.29) is 23.3 Å². The number of nitrogens with zero attached hydrogens (tertiary/aromatic N) is 4. The number of anilines is 1. The molecule has 2 aromatic heterocycles. The fourth-order valence-corrected chi connectivity index (χ4v) is 10.4. The third-order valence-electron chi connectivity index (χ3n) is 13.2. The molecule has 0 radical (unpaired) electrons. The minimum Gasteiger partial charge on any atom is -0.460 e. The third-order valence-corrected chi connectivity index (χ3v) is 13.2. The lowest BCUT2D eigenvalue weighted by Gasteiger charge is -2.40. The third kappa shape index (κ3) is 5.23. The second kappa shape index (κ2) is 13.2. The molecule has 4 heterocycles. The average molecular weight is 779 g/mol. The van der Waals surface area contributed by atoms with Gasteiger partial charge in [0.1, 0.15) is 28.5 Å². The van der Waals surface area contributed by atoms with Crippen LogP contribution in [0.2, 0.25) is 0 Å². The van der Waals surface area contributed by atoms with Crippen molar-refractivity contribution < 1.29 is 9.15 Å². The Hall–Kier alpha value is -7.05. The highest BCUT2D eigenvalue weighted by Gasteiger charge is 2.51. The van der Waals surface area contributed by atoms with E-state index < -0.39 is 0 Å². The highest BCUT2D eigenvalue weighted by atomic mass is 16.5. The van der Waals surface area contributed by atoms with Gasteiger partial charge >= 0.3 is 0 Å². The Balaban J connectivity index is 0.968.